The molecule has 1 N–H and O–H groups in total. The smallest absolute Gasteiger partial charge is 0.165 e. The number of hydrogen-bond donors (Lipinski definition) is 1. The first-order valence-corrected chi connectivity index (χ1v) is 7.40. The quantitative estimate of drug-likeness (QED) is 0.904. The minimum atomic E-state index is -0.337. The van der Waals surface area contributed by atoms with Gasteiger partial charge in [-0.2, -0.15) is 0 Å². The van der Waals surface area contributed by atoms with Crippen molar-refractivity contribution in [1.82, 2.24) is 10.3 Å². The van der Waals surface area contributed by atoms with Crippen LogP contribution in [0.3, 0.4) is 0 Å². The van der Waals surface area contributed by atoms with Crippen LogP contribution < -0.4 is 10.1 Å². The molecule has 2 rings (SSSR count). The van der Waals surface area contributed by atoms with Gasteiger partial charge in [-0.1, -0.05) is 6.07 Å². The second-order valence-electron chi connectivity index (χ2n) is 4.83. The van der Waals surface area contributed by atoms with Gasteiger partial charge in [0.25, 0.3) is 0 Å². The highest BCUT2D eigenvalue weighted by Gasteiger charge is 2.15. The fourth-order valence-electron chi connectivity index (χ4n) is 2.07. The van der Waals surface area contributed by atoms with Gasteiger partial charge in [0.1, 0.15) is 5.01 Å². The molecule has 3 nitrogen and oxygen atoms in total. The van der Waals surface area contributed by atoms with E-state index in [1.807, 2.05) is 25.3 Å². The van der Waals surface area contributed by atoms with Crippen LogP contribution in [0.1, 0.15) is 42.2 Å². The van der Waals surface area contributed by atoms with Crippen molar-refractivity contribution in [3.05, 3.63) is 45.7 Å². The number of ether oxygens (including phenoxy) is 1. The lowest BCUT2D eigenvalue weighted by Gasteiger charge is -2.19. The average Bonchev–Trinajstić information content (AvgIpc) is 2.85. The second-order valence-corrected chi connectivity index (χ2v) is 5.72. The molecule has 20 heavy (non-hydrogen) atoms. The summed E-state index contributed by atoms with van der Waals surface area (Å²) in [6, 6.07) is 5.21. The molecule has 108 valence electrons. The van der Waals surface area contributed by atoms with Gasteiger partial charge in [0.15, 0.2) is 11.6 Å². The lowest BCUT2D eigenvalue weighted by molar-refractivity contribution is 0.385. The van der Waals surface area contributed by atoms with E-state index in [1.54, 1.807) is 17.4 Å². The van der Waals surface area contributed by atoms with Crippen LogP contribution in [0.4, 0.5) is 4.39 Å². The van der Waals surface area contributed by atoms with Crippen molar-refractivity contribution < 1.29 is 9.13 Å². The highest BCUT2D eigenvalue weighted by atomic mass is 32.1. The van der Waals surface area contributed by atoms with Crippen molar-refractivity contribution in [2.24, 2.45) is 0 Å². The molecule has 5 heteroatoms. The predicted molar refractivity (Wildman–Crippen MR) is 79.8 cm³/mol. The summed E-state index contributed by atoms with van der Waals surface area (Å²) in [5.41, 5.74) is 1.92. The molecule has 0 amide bonds. The first-order chi connectivity index (χ1) is 9.51. The van der Waals surface area contributed by atoms with E-state index in [9.17, 15) is 4.39 Å². The summed E-state index contributed by atoms with van der Waals surface area (Å²) >= 11 is 1.64. The number of halogens is 1. The molecule has 0 radical (unpaired) electrons. The predicted octanol–water partition coefficient (Wildman–Crippen LogP) is 4.01. The van der Waals surface area contributed by atoms with Gasteiger partial charge in [-0.25, -0.2) is 9.37 Å². The highest BCUT2D eigenvalue weighted by Crippen LogP contribution is 2.25. The standard InChI is InChI=1S/C15H19FN2OS/c1-9-8-20-15(17-9)11(3)18-10(2)12-5-6-14(19-4)13(16)7-12/h5-8,10-11,18H,1-4H3. The highest BCUT2D eigenvalue weighted by molar-refractivity contribution is 7.09. The van der Waals surface area contributed by atoms with Gasteiger partial charge in [0.2, 0.25) is 0 Å². The number of nitrogens with one attached hydrogen (secondary N) is 1. The number of benzene rings is 1. The van der Waals surface area contributed by atoms with Crippen LogP contribution in [-0.4, -0.2) is 12.1 Å². The number of methoxy groups -OCH3 is 1. The summed E-state index contributed by atoms with van der Waals surface area (Å²) < 4.78 is 18.6. The zero-order valence-corrected chi connectivity index (χ0v) is 12.9. The Morgan fingerprint density at radius 3 is 2.60 bits per heavy atom. The molecule has 2 unspecified atom stereocenters. The molecule has 1 heterocycles. The first-order valence-electron chi connectivity index (χ1n) is 6.52. The first kappa shape index (κ1) is 14.9. The van der Waals surface area contributed by atoms with Crippen LogP contribution in [0.2, 0.25) is 0 Å². The van der Waals surface area contributed by atoms with E-state index in [0.29, 0.717) is 0 Å². The van der Waals surface area contributed by atoms with E-state index in [4.69, 9.17) is 4.74 Å². The maximum atomic E-state index is 13.7. The summed E-state index contributed by atoms with van der Waals surface area (Å²) in [7, 11) is 1.46. The molecule has 1 aromatic carbocycles. The summed E-state index contributed by atoms with van der Waals surface area (Å²) in [5, 5.41) is 6.51. The fourth-order valence-corrected chi connectivity index (χ4v) is 2.88. The Kier molecular flexibility index (Phi) is 4.73. The Balaban J connectivity index is 2.07. The molecule has 0 spiro atoms. The fraction of sp³-hybridized carbons (Fsp3) is 0.400. The minimum absolute atomic E-state index is 0.0367. The maximum absolute atomic E-state index is 13.7. The third kappa shape index (κ3) is 3.35. The SMILES string of the molecule is COc1ccc(C(C)NC(C)c2nc(C)cs2)cc1F. The lowest BCUT2D eigenvalue weighted by atomic mass is 10.1. The third-order valence-corrected chi connectivity index (χ3v) is 4.33. The molecule has 0 aliphatic carbocycles. The van der Waals surface area contributed by atoms with E-state index in [-0.39, 0.29) is 23.7 Å². The molecule has 2 aromatic rings. The van der Waals surface area contributed by atoms with Crippen LogP contribution >= 0.6 is 11.3 Å². The zero-order chi connectivity index (χ0) is 14.7. The Morgan fingerprint density at radius 1 is 1.30 bits per heavy atom. The van der Waals surface area contributed by atoms with Gasteiger partial charge in [-0.05, 0) is 38.5 Å². The molecule has 0 fully saturated rings. The molecule has 0 aliphatic heterocycles. The van der Waals surface area contributed by atoms with E-state index < -0.39 is 0 Å². The van der Waals surface area contributed by atoms with Gasteiger partial charge < -0.3 is 10.1 Å². The summed E-state index contributed by atoms with van der Waals surface area (Å²) in [4.78, 5) is 4.46. The molecule has 0 bridgehead atoms. The van der Waals surface area contributed by atoms with Gasteiger partial charge in [0.05, 0.1) is 13.2 Å². The van der Waals surface area contributed by atoms with Crippen LogP contribution in [0, 0.1) is 12.7 Å². The van der Waals surface area contributed by atoms with Crippen molar-refractivity contribution in [2.45, 2.75) is 32.9 Å². The monoisotopic (exact) mass is 294 g/mol. The van der Waals surface area contributed by atoms with Gasteiger partial charge >= 0.3 is 0 Å². The molecular weight excluding hydrogens is 275 g/mol. The summed E-state index contributed by atoms with van der Waals surface area (Å²) in [6.07, 6.45) is 0. The van der Waals surface area contributed by atoms with E-state index in [2.05, 4.69) is 17.2 Å². The Morgan fingerprint density at radius 2 is 2.05 bits per heavy atom. The van der Waals surface area contributed by atoms with Crippen LogP contribution in [0.5, 0.6) is 5.75 Å². The van der Waals surface area contributed by atoms with Crippen molar-refractivity contribution in [3.8, 4) is 5.75 Å². The van der Waals surface area contributed by atoms with Gasteiger partial charge in [0, 0.05) is 17.1 Å². The summed E-state index contributed by atoms with van der Waals surface area (Å²) in [6.45, 7) is 6.06. The van der Waals surface area contributed by atoms with E-state index >= 15 is 0 Å². The number of nitrogens with zero attached hydrogens (tertiary/aromatic N) is 1. The summed E-state index contributed by atoms with van der Waals surface area (Å²) in [5.74, 6) is -0.0686. The number of rotatable bonds is 5. The van der Waals surface area contributed by atoms with Gasteiger partial charge in [-0.15, -0.1) is 11.3 Å². The van der Waals surface area contributed by atoms with Crippen molar-refractivity contribution in [1.29, 1.82) is 0 Å². The number of hydrogen-bond acceptors (Lipinski definition) is 4. The van der Waals surface area contributed by atoms with Crippen molar-refractivity contribution >= 4 is 11.3 Å². The van der Waals surface area contributed by atoms with E-state index in [1.165, 1.54) is 13.2 Å². The molecule has 1 aromatic heterocycles. The Labute approximate surface area is 122 Å². The molecule has 0 aliphatic rings. The number of aryl methyl sites for hydroxylation is 1. The second kappa shape index (κ2) is 6.33. The van der Waals surface area contributed by atoms with Gasteiger partial charge in [-0.3, -0.25) is 0 Å². The maximum Gasteiger partial charge on any atom is 0.165 e. The molecule has 2 atom stereocenters. The average molecular weight is 294 g/mol. The molecule has 0 saturated heterocycles. The number of aromatic nitrogens is 1. The van der Waals surface area contributed by atoms with Crippen molar-refractivity contribution in [2.75, 3.05) is 7.11 Å². The minimum Gasteiger partial charge on any atom is -0.494 e. The Hall–Kier alpha value is -1.46. The largest absolute Gasteiger partial charge is 0.494 e. The van der Waals surface area contributed by atoms with Crippen LogP contribution in [0.15, 0.2) is 23.6 Å². The lowest BCUT2D eigenvalue weighted by Crippen LogP contribution is -2.22. The van der Waals surface area contributed by atoms with Crippen molar-refractivity contribution in [3.63, 3.8) is 0 Å². The van der Waals surface area contributed by atoms with Crippen LogP contribution in [-0.2, 0) is 0 Å². The molecule has 0 saturated carbocycles. The molecular formula is C15H19FN2OS. The topological polar surface area (TPSA) is 34.1 Å². The normalized spacial score (nSPS) is 14.1. The Bertz CT molecular complexity index is 585. The van der Waals surface area contributed by atoms with Crippen LogP contribution in [0.25, 0.3) is 0 Å². The van der Waals surface area contributed by atoms with E-state index in [0.717, 1.165) is 16.3 Å². The zero-order valence-electron chi connectivity index (χ0n) is 12.1. The number of thiazole rings is 1. The third-order valence-electron chi connectivity index (χ3n) is 3.18.